The second-order valence-corrected chi connectivity index (χ2v) is 5.56. The Kier molecular flexibility index (Phi) is 5.91. The second kappa shape index (κ2) is 7.91. The van der Waals surface area contributed by atoms with E-state index in [0.29, 0.717) is 17.8 Å². The van der Waals surface area contributed by atoms with Crippen molar-refractivity contribution in [3.8, 4) is 0 Å². The molecular weight excluding hydrogens is 282 g/mol. The Morgan fingerprint density at radius 1 is 1.41 bits per heavy atom. The van der Waals surface area contributed by atoms with Gasteiger partial charge in [0.05, 0.1) is 12.7 Å². The second-order valence-electron chi connectivity index (χ2n) is 5.56. The van der Waals surface area contributed by atoms with Crippen LogP contribution in [0, 0.1) is 0 Å². The van der Waals surface area contributed by atoms with Crippen molar-refractivity contribution in [1.29, 1.82) is 0 Å². The first-order valence-electron chi connectivity index (χ1n) is 7.50. The molecular formula is C16H23N3O3. The van der Waals surface area contributed by atoms with Gasteiger partial charge in [0.2, 0.25) is 5.91 Å². The number of benzene rings is 1. The largest absolute Gasteiger partial charge is 0.375 e. The quantitative estimate of drug-likeness (QED) is 0.854. The number of hydrogen-bond donors (Lipinski definition) is 2. The molecule has 22 heavy (non-hydrogen) atoms. The molecule has 1 atom stereocenters. The van der Waals surface area contributed by atoms with Crippen LogP contribution in [0.5, 0.6) is 0 Å². The molecule has 1 fully saturated rings. The summed E-state index contributed by atoms with van der Waals surface area (Å²) in [5.41, 5.74) is 1.16. The maximum atomic E-state index is 12.1. The third-order valence-corrected chi connectivity index (χ3v) is 3.54. The zero-order chi connectivity index (χ0) is 15.9. The summed E-state index contributed by atoms with van der Waals surface area (Å²) >= 11 is 0. The van der Waals surface area contributed by atoms with Gasteiger partial charge in [0.1, 0.15) is 0 Å². The molecule has 1 heterocycles. The topological polar surface area (TPSA) is 70.7 Å². The minimum atomic E-state index is -0.156. The molecule has 1 aromatic carbocycles. The van der Waals surface area contributed by atoms with E-state index in [1.54, 1.807) is 24.3 Å². The van der Waals surface area contributed by atoms with Gasteiger partial charge in [0.25, 0.3) is 5.91 Å². The molecule has 1 aromatic rings. The Balaban J connectivity index is 1.80. The van der Waals surface area contributed by atoms with Crippen molar-refractivity contribution in [1.82, 2.24) is 10.2 Å². The lowest BCUT2D eigenvalue weighted by atomic mass is 10.1. The summed E-state index contributed by atoms with van der Waals surface area (Å²) in [4.78, 5) is 25.4. The van der Waals surface area contributed by atoms with Gasteiger partial charge >= 0.3 is 0 Å². The summed E-state index contributed by atoms with van der Waals surface area (Å²) in [7, 11) is 2.07. The Hall–Kier alpha value is -1.92. The third kappa shape index (κ3) is 5.13. The zero-order valence-corrected chi connectivity index (χ0v) is 13.1. The van der Waals surface area contributed by atoms with Gasteiger partial charge in [0, 0.05) is 37.8 Å². The first kappa shape index (κ1) is 16.5. The number of morpholine rings is 1. The highest BCUT2D eigenvalue weighted by Crippen LogP contribution is 2.11. The van der Waals surface area contributed by atoms with Crippen LogP contribution in [0.2, 0.25) is 0 Å². The molecule has 120 valence electrons. The van der Waals surface area contributed by atoms with Crippen molar-refractivity contribution in [3.63, 3.8) is 0 Å². The molecule has 2 amide bonds. The van der Waals surface area contributed by atoms with Crippen molar-refractivity contribution in [2.45, 2.75) is 19.4 Å². The predicted octanol–water partition coefficient (Wildman–Crippen LogP) is 1.10. The molecule has 2 N–H and O–H groups in total. The van der Waals surface area contributed by atoms with Crippen molar-refractivity contribution >= 4 is 17.5 Å². The molecule has 0 spiro atoms. The maximum absolute atomic E-state index is 12.1. The molecule has 6 heteroatoms. The van der Waals surface area contributed by atoms with Gasteiger partial charge in [-0.2, -0.15) is 0 Å². The third-order valence-electron chi connectivity index (χ3n) is 3.54. The van der Waals surface area contributed by atoms with E-state index in [4.69, 9.17) is 4.74 Å². The molecule has 1 unspecified atom stereocenters. The molecule has 0 aliphatic carbocycles. The Morgan fingerprint density at radius 3 is 2.95 bits per heavy atom. The lowest BCUT2D eigenvalue weighted by Crippen LogP contribution is -2.41. The Labute approximate surface area is 130 Å². The number of anilines is 1. The number of carbonyl (C=O) groups excluding carboxylic acids is 2. The van der Waals surface area contributed by atoms with E-state index in [0.717, 1.165) is 26.1 Å². The summed E-state index contributed by atoms with van der Waals surface area (Å²) in [6, 6.07) is 6.90. The smallest absolute Gasteiger partial charge is 0.251 e. The van der Waals surface area contributed by atoms with Crippen LogP contribution in [0.3, 0.4) is 0 Å². The number of hydrogen-bond acceptors (Lipinski definition) is 4. The van der Waals surface area contributed by atoms with Crippen molar-refractivity contribution in [2.75, 3.05) is 38.6 Å². The van der Waals surface area contributed by atoms with E-state index in [-0.39, 0.29) is 17.9 Å². The molecule has 0 radical (unpaired) electrons. The molecule has 0 saturated carbocycles. The van der Waals surface area contributed by atoms with Crippen LogP contribution in [-0.4, -0.2) is 56.1 Å². The number of amides is 2. The van der Waals surface area contributed by atoms with E-state index < -0.39 is 0 Å². The summed E-state index contributed by atoms with van der Waals surface area (Å²) in [5, 5.41) is 5.56. The SMILES string of the molecule is CC(=O)Nc1cccc(C(=O)NCCC2CN(C)CCO2)c1. The van der Waals surface area contributed by atoms with E-state index in [9.17, 15) is 9.59 Å². The van der Waals surface area contributed by atoms with E-state index in [1.165, 1.54) is 6.92 Å². The fourth-order valence-corrected chi connectivity index (χ4v) is 2.43. The minimum absolute atomic E-state index is 0.142. The monoisotopic (exact) mass is 305 g/mol. The number of likely N-dealkylation sites (N-methyl/N-ethyl adjacent to an activating group) is 1. The lowest BCUT2D eigenvalue weighted by Gasteiger charge is -2.30. The molecule has 0 bridgehead atoms. The van der Waals surface area contributed by atoms with Crippen LogP contribution >= 0.6 is 0 Å². The van der Waals surface area contributed by atoms with Crippen LogP contribution in [0.15, 0.2) is 24.3 Å². The van der Waals surface area contributed by atoms with Gasteiger partial charge in [-0.1, -0.05) is 6.07 Å². The van der Waals surface area contributed by atoms with Gasteiger partial charge < -0.3 is 20.3 Å². The number of carbonyl (C=O) groups is 2. The van der Waals surface area contributed by atoms with Gasteiger partial charge in [0.15, 0.2) is 0 Å². The molecule has 1 aliphatic heterocycles. The fraction of sp³-hybridized carbons (Fsp3) is 0.500. The van der Waals surface area contributed by atoms with E-state index in [2.05, 4.69) is 22.6 Å². The summed E-state index contributed by atoms with van der Waals surface area (Å²) in [5.74, 6) is -0.299. The Bertz CT molecular complexity index is 533. The van der Waals surface area contributed by atoms with Crippen LogP contribution in [0.1, 0.15) is 23.7 Å². The van der Waals surface area contributed by atoms with Crippen LogP contribution in [0.4, 0.5) is 5.69 Å². The number of ether oxygens (including phenoxy) is 1. The molecule has 0 aromatic heterocycles. The van der Waals surface area contributed by atoms with Crippen LogP contribution < -0.4 is 10.6 Å². The van der Waals surface area contributed by atoms with Crippen molar-refractivity contribution < 1.29 is 14.3 Å². The van der Waals surface area contributed by atoms with E-state index >= 15 is 0 Å². The highest BCUT2D eigenvalue weighted by atomic mass is 16.5. The standard InChI is InChI=1S/C16H23N3O3/c1-12(20)18-14-5-3-4-13(10-14)16(21)17-7-6-15-11-19(2)8-9-22-15/h3-5,10,15H,6-9,11H2,1-2H3,(H,17,21)(H,18,20). The highest BCUT2D eigenvalue weighted by molar-refractivity contribution is 5.96. The van der Waals surface area contributed by atoms with Gasteiger partial charge in [-0.3, -0.25) is 9.59 Å². The van der Waals surface area contributed by atoms with E-state index in [1.807, 2.05) is 0 Å². The molecule has 6 nitrogen and oxygen atoms in total. The number of nitrogens with zero attached hydrogens (tertiary/aromatic N) is 1. The molecule has 2 rings (SSSR count). The normalized spacial score (nSPS) is 18.7. The summed E-state index contributed by atoms with van der Waals surface area (Å²) < 4.78 is 5.66. The first-order valence-corrected chi connectivity index (χ1v) is 7.50. The predicted molar refractivity (Wildman–Crippen MR) is 84.9 cm³/mol. The first-order chi connectivity index (χ1) is 10.5. The summed E-state index contributed by atoms with van der Waals surface area (Å²) in [6.07, 6.45) is 0.964. The van der Waals surface area contributed by atoms with Gasteiger partial charge in [-0.05, 0) is 31.7 Å². The van der Waals surface area contributed by atoms with Crippen LogP contribution in [0.25, 0.3) is 0 Å². The molecule has 1 aliphatic rings. The van der Waals surface area contributed by atoms with Crippen molar-refractivity contribution in [2.24, 2.45) is 0 Å². The van der Waals surface area contributed by atoms with Gasteiger partial charge in [-0.15, -0.1) is 0 Å². The highest BCUT2D eigenvalue weighted by Gasteiger charge is 2.17. The van der Waals surface area contributed by atoms with Crippen LogP contribution in [-0.2, 0) is 9.53 Å². The van der Waals surface area contributed by atoms with Gasteiger partial charge in [-0.25, -0.2) is 0 Å². The average Bonchev–Trinajstić information content (AvgIpc) is 2.47. The summed E-state index contributed by atoms with van der Waals surface area (Å²) in [6.45, 7) is 4.61. The Morgan fingerprint density at radius 2 is 2.23 bits per heavy atom. The zero-order valence-electron chi connectivity index (χ0n) is 13.1. The average molecular weight is 305 g/mol. The van der Waals surface area contributed by atoms with Crippen molar-refractivity contribution in [3.05, 3.63) is 29.8 Å². The number of nitrogens with one attached hydrogen (secondary N) is 2. The minimum Gasteiger partial charge on any atom is -0.375 e. The maximum Gasteiger partial charge on any atom is 0.251 e. The molecule has 1 saturated heterocycles. The number of rotatable bonds is 5. The lowest BCUT2D eigenvalue weighted by molar-refractivity contribution is -0.114. The fourth-order valence-electron chi connectivity index (χ4n) is 2.43.